The van der Waals surface area contributed by atoms with E-state index in [0.717, 1.165) is 5.56 Å². The van der Waals surface area contributed by atoms with Gasteiger partial charge in [0.15, 0.2) is 0 Å². The maximum absolute atomic E-state index is 12.5. The molecule has 0 N–H and O–H groups in total. The molecule has 8 heteroatoms. The number of amides is 3. The van der Waals surface area contributed by atoms with Crippen molar-refractivity contribution >= 4 is 35.0 Å². The van der Waals surface area contributed by atoms with E-state index < -0.39 is 0 Å². The van der Waals surface area contributed by atoms with Gasteiger partial charge in [-0.1, -0.05) is 11.6 Å². The summed E-state index contributed by atoms with van der Waals surface area (Å²) in [5.74, 6) is 0.303. The second-order valence-electron chi connectivity index (χ2n) is 6.58. The van der Waals surface area contributed by atoms with Crippen LogP contribution in [0.3, 0.4) is 0 Å². The molecule has 27 heavy (non-hydrogen) atoms. The van der Waals surface area contributed by atoms with E-state index in [2.05, 4.69) is 0 Å². The zero-order valence-electron chi connectivity index (χ0n) is 16.2. The first kappa shape index (κ1) is 21.0. The van der Waals surface area contributed by atoms with Crippen LogP contribution in [0.1, 0.15) is 25.8 Å². The summed E-state index contributed by atoms with van der Waals surface area (Å²) in [5.41, 5.74) is 1.42. The van der Waals surface area contributed by atoms with E-state index in [0.29, 0.717) is 42.6 Å². The number of carbonyl (C=O) groups is 3. The van der Waals surface area contributed by atoms with E-state index in [4.69, 9.17) is 16.3 Å². The zero-order chi connectivity index (χ0) is 20.1. The number of hydrogen-bond donors (Lipinski definition) is 0. The molecule has 0 aliphatic carbocycles. The summed E-state index contributed by atoms with van der Waals surface area (Å²) in [5, 5.41) is 0.554. The standard InChI is InChI=1S/C19H26ClN3O4/c1-13-11-17(18(27-4)12-16(13)20)23(15(3)25)6-5-19(26)22-9-7-21(8-10-22)14(2)24/h11-12H,5-10H2,1-4H3. The summed E-state index contributed by atoms with van der Waals surface area (Å²) >= 11 is 6.14. The molecule has 7 nitrogen and oxygen atoms in total. The molecule has 0 spiro atoms. The lowest BCUT2D eigenvalue weighted by Gasteiger charge is -2.34. The van der Waals surface area contributed by atoms with Crippen LogP contribution in [0.5, 0.6) is 5.75 Å². The molecule has 0 radical (unpaired) electrons. The SMILES string of the molecule is COc1cc(Cl)c(C)cc1N(CCC(=O)N1CCN(C(C)=O)CC1)C(C)=O. The lowest BCUT2D eigenvalue weighted by atomic mass is 10.1. The molecule has 1 aliphatic rings. The van der Waals surface area contributed by atoms with Gasteiger partial charge in [-0.15, -0.1) is 0 Å². The minimum atomic E-state index is -0.177. The van der Waals surface area contributed by atoms with E-state index >= 15 is 0 Å². The molecule has 0 atom stereocenters. The highest BCUT2D eigenvalue weighted by atomic mass is 35.5. The monoisotopic (exact) mass is 395 g/mol. The Bertz CT molecular complexity index is 730. The maximum atomic E-state index is 12.5. The van der Waals surface area contributed by atoms with Crippen LogP contribution >= 0.6 is 11.6 Å². The van der Waals surface area contributed by atoms with Crippen molar-refractivity contribution in [2.75, 3.05) is 44.7 Å². The largest absolute Gasteiger partial charge is 0.495 e. The average molecular weight is 396 g/mol. The number of piperazine rings is 1. The second kappa shape index (κ2) is 9.08. The third-order valence-corrected chi connectivity index (χ3v) is 5.17. The van der Waals surface area contributed by atoms with Gasteiger partial charge >= 0.3 is 0 Å². The Morgan fingerprint density at radius 3 is 2.22 bits per heavy atom. The quantitative estimate of drug-likeness (QED) is 0.765. The lowest BCUT2D eigenvalue weighted by Crippen LogP contribution is -2.50. The van der Waals surface area contributed by atoms with Crippen molar-refractivity contribution in [3.05, 3.63) is 22.7 Å². The van der Waals surface area contributed by atoms with Crippen molar-refractivity contribution < 1.29 is 19.1 Å². The minimum Gasteiger partial charge on any atom is -0.495 e. The van der Waals surface area contributed by atoms with Crippen LogP contribution in [-0.4, -0.2) is 67.4 Å². The number of benzene rings is 1. The van der Waals surface area contributed by atoms with E-state index in [-0.39, 0.29) is 30.7 Å². The molecule has 1 aromatic rings. The van der Waals surface area contributed by atoms with Crippen molar-refractivity contribution in [3.63, 3.8) is 0 Å². The smallest absolute Gasteiger partial charge is 0.224 e. The Balaban J connectivity index is 2.06. The fraction of sp³-hybridized carbons (Fsp3) is 0.526. The third kappa shape index (κ3) is 5.13. The van der Waals surface area contributed by atoms with Gasteiger partial charge in [0, 0.05) is 64.1 Å². The average Bonchev–Trinajstić information content (AvgIpc) is 2.64. The molecule has 1 heterocycles. The number of methoxy groups -OCH3 is 1. The molecular weight excluding hydrogens is 370 g/mol. The number of aryl methyl sites for hydroxylation is 1. The molecule has 0 unspecified atom stereocenters. The summed E-state index contributed by atoms with van der Waals surface area (Å²) in [4.78, 5) is 41.1. The van der Waals surface area contributed by atoms with E-state index in [1.54, 1.807) is 21.9 Å². The van der Waals surface area contributed by atoms with Crippen molar-refractivity contribution in [3.8, 4) is 5.75 Å². The van der Waals surface area contributed by atoms with Crippen molar-refractivity contribution in [2.24, 2.45) is 0 Å². The highest BCUT2D eigenvalue weighted by Crippen LogP contribution is 2.34. The Hall–Kier alpha value is -2.28. The molecule has 0 aromatic heterocycles. The molecule has 1 saturated heterocycles. The van der Waals surface area contributed by atoms with Gasteiger partial charge in [0.1, 0.15) is 5.75 Å². The molecule has 1 aromatic carbocycles. The number of carbonyl (C=O) groups excluding carboxylic acids is 3. The van der Waals surface area contributed by atoms with Crippen LogP contribution in [0.25, 0.3) is 0 Å². The van der Waals surface area contributed by atoms with Gasteiger partial charge in [-0.2, -0.15) is 0 Å². The van der Waals surface area contributed by atoms with Crippen LogP contribution in [-0.2, 0) is 14.4 Å². The number of anilines is 1. The summed E-state index contributed by atoms with van der Waals surface area (Å²) in [6.45, 7) is 7.21. The van der Waals surface area contributed by atoms with E-state index in [1.807, 2.05) is 6.92 Å². The first-order valence-electron chi connectivity index (χ1n) is 8.90. The maximum Gasteiger partial charge on any atom is 0.224 e. The topological polar surface area (TPSA) is 70.2 Å². The van der Waals surface area contributed by atoms with E-state index in [9.17, 15) is 14.4 Å². The summed E-state index contributed by atoms with van der Waals surface area (Å²) in [6.07, 6.45) is 0.199. The summed E-state index contributed by atoms with van der Waals surface area (Å²) in [7, 11) is 1.52. The molecule has 0 saturated carbocycles. The van der Waals surface area contributed by atoms with Crippen LogP contribution in [0.2, 0.25) is 5.02 Å². The van der Waals surface area contributed by atoms with Gasteiger partial charge in [-0.25, -0.2) is 0 Å². The minimum absolute atomic E-state index is 0.0232. The van der Waals surface area contributed by atoms with Gasteiger partial charge in [-0.3, -0.25) is 14.4 Å². The van der Waals surface area contributed by atoms with Crippen LogP contribution < -0.4 is 9.64 Å². The fourth-order valence-electron chi connectivity index (χ4n) is 3.11. The molecule has 1 fully saturated rings. The van der Waals surface area contributed by atoms with Gasteiger partial charge in [0.25, 0.3) is 0 Å². The number of rotatable bonds is 5. The van der Waals surface area contributed by atoms with Gasteiger partial charge < -0.3 is 19.4 Å². The third-order valence-electron chi connectivity index (χ3n) is 4.76. The van der Waals surface area contributed by atoms with Crippen LogP contribution in [0.15, 0.2) is 12.1 Å². The normalized spacial score (nSPS) is 14.1. The predicted octanol–water partition coefficient (Wildman–Crippen LogP) is 2.09. The molecule has 3 amide bonds. The number of ether oxygens (including phenoxy) is 1. The van der Waals surface area contributed by atoms with Crippen LogP contribution in [0, 0.1) is 6.92 Å². The first-order chi connectivity index (χ1) is 12.7. The van der Waals surface area contributed by atoms with Crippen LogP contribution in [0.4, 0.5) is 5.69 Å². The number of hydrogen-bond acceptors (Lipinski definition) is 4. The number of halogens is 1. The predicted molar refractivity (Wildman–Crippen MR) is 104 cm³/mol. The summed E-state index contributed by atoms with van der Waals surface area (Å²) < 4.78 is 5.36. The Morgan fingerprint density at radius 1 is 1.11 bits per heavy atom. The Morgan fingerprint density at radius 2 is 1.70 bits per heavy atom. The van der Waals surface area contributed by atoms with Gasteiger partial charge in [0.05, 0.1) is 12.8 Å². The zero-order valence-corrected chi connectivity index (χ0v) is 17.0. The van der Waals surface area contributed by atoms with Gasteiger partial charge in [-0.05, 0) is 18.6 Å². The van der Waals surface area contributed by atoms with Crippen molar-refractivity contribution in [1.29, 1.82) is 0 Å². The molecule has 1 aliphatic heterocycles. The Kier molecular flexibility index (Phi) is 7.07. The lowest BCUT2D eigenvalue weighted by molar-refractivity contribution is -0.138. The molecular formula is C19H26ClN3O4. The van der Waals surface area contributed by atoms with Crippen molar-refractivity contribution in [2.45, 2.75) is 27.2 Å². The highest BCUT2D eigenvalue weighted by Gasteiger charge is 2.24. The molecule has 0 bridgehead atoms. The summed E-state index contributed by atoms with van der Waals surface area (Å²) in [6, 6.07) is 3.46. The van der Waals surface area contributed by atoms with E-state index in [1.165, 1.54) is 25.9 Å². The first-order valence-corrected chi connectivity index (χ1v) is 9.28. The van der Waals surface area contributed by atoms with Gasteiger partial charge in [0.2, 0.25) is 17.7 Å². The molecule has 148 valence electrons. The second-order valence-corrected chi connectivity index (χ2v) is 6.99. The number of nitrogens with zero attached hydrogens (tertiary/aromatic N) is 3. The molecule has 2 rings (SSSR count). The van der Waals surface area contributed by atoms with Crippen molar-refractivity contribution in [1.82, 2.24) is 9.80 Å². The Labute approximate surface area is 164 Å². The fourth-order valence-corrected chi connectivity index (χ4v) is 3.26. The highest BCUT2D eigenvalue weighted by molar-refractivity contribution is 6.31.